The molecule has 0 amide bonds. The molecular weight excluding hydrogens is 242 g/mol. The van der Waals surface area contributed by atoms with E-state index >= 15 is 0 Å². The number of ether oxygens (including phenoxy) is 2. The van der Waals surface area contributed by atoms with Crippen molar-refractivity contribution in [3.05, 3.63) is 36.2 Å². The lowest BCUT2D eigenvalue weighted by molar-refractivity contribution is 0.301. The second kappa shape index (κ2) is 5.65. The number of nitrogen functional groups attached to an aromatic ring is 1. The van der Waals surface area contributed by atoms with Crippen molar-refractivity contribution in [2.45, 2.75) is 26.5 Å². The van der Waals surface area contributed by atoms with E-state index in [0.717, 1.165) is 17.2 Å². The van der Waals surface area contributed by atoms with Crippen molar-refractivity contribution in [2.75, 3.05) is 12.8 Å². The van der Waals surface area contributed by atoms with Crippen LogP contribution in [-0.2, 0) is 6.61 Å². The van der Waals surface area contributed by atoms with Gasteiger partial charge in [-0.2, -0.15) is 0 Å². The van der Waals surface area contributed by atoms with Crippen LogP contribution in [0.1, 0.15) is 25.6 Å². The number of aromatic nitrogens is 2. The molecule has 19 heavy (non-hydrogen) atoms. The van der Waals surface area contributed by atoms with Gasteiger partial charge in [0.25, 0.3) is 0 Å². The van der Waals surface area contributed by atoms with Gasteiger partial charge < -0.3 is 19.8 Å². The van der Waals surface area contributed by atoms with Gasteiger partial charge in [0.15, 0.2) is 0 Å². The van der Waals surface area contributed by atoms with Gasteiger partial charge in [0, 0.05) is 12.2 Å². The average Bonchev–Trinajstić information content (AvgIpc) is 2.78. The van der Waals surface area contributed by atoms with E-state index in [4.69, 9.17) is 15.2 Å². The van der Waals surface area contributed by atoms with Gasteiger partial charge in [-0.3, -0.25) is 0 Å². The van der Waals surface area contributed by atoms with Gasteiger partial charge in [0.2, 0.25) is 5.95 Å². The first-order chi connectivity index (χ1) is 9.10. The maximum atomic E-state index is 5.83. The van der Waals surface area contributed by atoms with E-state index in [2.05, 4.69) is 18.8 Å². The van der Waals surface area contributed by atoms with E-state index in [9.17, 15) is 0 Å². The molecule has 5 heteroatoms. The molecule has 2 rings (SSSR count). The SMILES string of the molecule is COc1ccc(OCc2cn(C(C)C)c(N)n2)cc1. The Morgan fingerprint density at radius 2 is 1.84 bits per heavy atom. The molecular formula is C14H19N3O2. The Balaban J connectivity index is 1.99. The van der Waals surface area contributed by atoms with Gasteiger partial charge in [-0.1, -0.05) is 0 Å². The van der Waals surface area contributed by atoms with Crippen molar-refractivity contribution in [2.24, 2.45) is 0 Å². The molecule has 2 N–H and O–H groups in total. The van der Waals surface area contributed by atoms with Crippen molar-refractivity contribution < 1.29 is 9.47 Å². The molecule has 0 radical (unpaired) electrons. The molecule has 1 aromatic heterocycles. The molecule has 0 saturated heterocycles. The lowest BCUT2D eigenvalue weighted by Crippen LogP contribution is -2.03. The van der Waals surface area contributed by atoms with Crippen molar-refractivity contribution in [3.63, 3.8) is 0 Å². The predicted octanol–water partition coefficient (Wildman–Crippen LogP) is 2.63. The summed E-state index contributed by atoms with van der Waals surface area (Å²) < 4.78 is 12.7. The summed E-state index contributed by atoms with van der Waals surface area (Å²) in [4.78, 5) is 4.27. The van der Waals surface area contributed by atoms with Gasteiger partial charge >= 0.3 is 0 Å². The summed E-state index contributed by atoms with van der Waals surface area (Å²) >= 11 is 0. The number of methoxy groups -OCH3 is 1. The van der Waals surface area contributed by atoms with E-state index in [-0.39, 0.29) is 0 Å². The number of hydrogen-bond acceptors (Lipinski definition) is 4. The molecule has 2 aromatic rings. The van der Waals surface area contributed by atoms with Crippen LogP contribution in [0.15, 0.2) is 30.5 Å². The minimum Gasteiger partial charge on any atom is -0.497 e. The Kier molecular flexibility index (Phi) is 3.94. The smallest absolute Gasteiger partial charge is 0.200 e. The summed E-state index contributed by atoms with van der Waals surface area (Å²) in [6, 6.07) is 7.73. The number of hydrogen-bond donors (Lipinski definition) is 1. The number of rotatable bonds is 5. The third kappa shape index (κ3) is 3.19. The quantitative estimate of drug-likeness (QED) is 0.898. The summed E-state index contributed by atoms with van der Waals surface area (Å²) in [5, 5.41) is 0. The normalized spacial score (nSPS) is 10.7. The molecule has 0 saturated carbocycles. The standard InChI is InChI=1S/C14H19N3O2/c1-10(2)17-8-11(16-14(17)15)9-19-13-6-4-12(18-3)5-7-13/h4-8,10H,9H2,1-3H3,(H2,15,16). The molecule has 102 valence electrons. The number of imidazole rings is 1. The molecule has 0 aliphatic carbocycles. The fourth-order valence-electron chi connectivity index (χ4n) is 1.77. The van der Waals surface area contributed by atoms with Crippen molar-refractivity contribution in [1.29, 1.82) is 0 Å². The second-order valence-electron chi connectivity index (χ2n) is 4.56. The molecule has 0 spiro atoms. The first-order valence-electron chi connectivity index (χ1n) is 6.20. The Bertz CT molecular complexity index is 532. The molecule has 0 bridgehead atoms. The van der Waals surface area contributed by atoms with Crippen LogP contribution in [-0.4, -0.2) is 16.7 Å². The van der Waals surface area contributed by atoms with Gasteiger partial charge in [0.05, 0.1) is 12.8 Å². The molecule has 0 fully saturated rings. The fourth-order valence-corrected chi connectivity index (χ4v) is 1.77. The van der Waals surface area contributed by atoms with Crippen LogP contribution in [0.4, 0.5) is 5.95 Å². The van der Waals surface area contributed by atoms with Crippen LogP contribution in [0.5, 0.6) is 11.5 Å². The highest BCUT2D eigenvalue weighted by Crippen LogP contribution is 2.19. The number of benzene rings is 1. The number of nitrogens with zero attached hydrogens (tertiary/aromatic N) is 2. The number of nitrogens with two attached hydrogens (primary N) is 1. The summed E-state index contributed by atoms with van der Waals surface area (Å²) in [6.45, 7) is 4.52. The van der Waals surface area contributed by atoms with Crippen molar-refractivity contribution in [1.82, 2.24) is 9.55 Å². The summed E-state index contributed by atoms with van der Waals surface area (Å²) in [7, 11) is 1.64. The van der Waals surface area contributed by atoms with Gasteiger partial charge in [-0.05, 0) is 38.1 Å². The summed E-state index contributed by atoms with van der Waals surface area (Å²) in [6.07, 6.45) is 1.92. The largest absolute Gasteiger partial charge is 0.497 e. The predicted molar refractivity (Wildman–Crippen MR) is 74.4 cm³/mol. The highest BCUT2D eigenvalue weighted by Gasteiger charge is 2.08. The van der Waals surface area contributed by atoms with E-state index in [1.807, 2.05) is 35.0 Å². The first-order valence-corrected chi connectivity index (χ1v) is 6.20. The Labute approximate surface area is 113 Å². The van der Waals surface area contributed by atoms with E-state index < -0.39 is 0 Å². The number of anilines is 1. The zero-order valence-corrected chi connectivity index (χ0v) is 11.5. The second-order valence-corrected chi connectivity index (χ2v) is 4.56. The van der Waals surface area contributed by atoms with Gasteiger partial charge in [0.1, 0.15) is 18.1 Å². The maximum Gasteiger partial charge on any atom is 0.200 e. The fraction of sp³-hybridized carbons (Fsp3) is 0.357. The minimum atomic E-state index is 0.294. The molecule has 1 aromatic carbocycles. The lowest BCUT2D eigenvalue weighted by Gasteiger charge is -2.07. The van der Waals surface area contributed by atoms with E-state index in [0.29, 0.717) is 18.6 Å². The van der Waals surface area contributed by atoms with E-state index in [1.54, 1.807) is 7.11 Å². The Hall–Kier alpha value is -2.17. The third-order valence-corrected chi connectivity index (χ3v) is 2.81. The topological polar surface area (TPSA) is 62.3 Å². The zero-order valence-electron chi connectivity index (χ0n) is 11.5. The average molecular weight is 261 g/mol. The van der Waals surface area contributed by atoms with Gasteiger partial charge in [-0.25, -0.2) is 4.98 Å². The zero-order chi connectivity index (χ0) is 13.8. The molecule has 0 aliphatic heterocycles. The third-order valence-electron chi connectivity index (χ3n) is 2.81. The maximum absolute atomic E-state index is 5.83. The molecule has 5 nitrogen and oxygen atoms in total. The van der Waals surface area contributed by atoms with Crippen LogP contribution in [0, 0.1) is 0 Å². The summed E-state index contributed by atoms with van der Waals surface area (Å²) in [5.74, 6) is 2.10. The molecule has 0 aliphatic rings. The van der Waals surface area contributed by atoms with Crippen LogP contribution in [0.25, 0.3) is 0 Å². The summed E-state index contributed by atoms with van der Waals surface area (Å²) in [5.41, 5.74) is 6.65. The molecule has 0 atom stereocenters. The monoisotopic (exact) mass is 261 g/mol. The minimum absolute atomic E-state index is 0.294. The van der Waals surface area contributed by atoms with Crippen LogP contribution >= 0.6 is 0 Å². The van der Waals surface area contributed by atoms with Crippen molar-refractivity contribution in [3.8, 4) is 11.5 Å². The highest BCUT2D eigenvalue weighted by atomic mass is 16.5. The van der Waals surface area contributed by atoms with Gasteiger partial charge in [-0.15, -0.1) is 0 Å². The molecule has 0 unspecified atom stereocenters. The van der Waals surface area contributed by atoms with Crippen LogP contribution < -0.4 is 15.2 Å². The first kappa shape index (κ1) is 13.3. The van der Waals surface area contributed by atoms with E-state index in [1.165, 1.54) is 0 Å². The van der Waals surface area contributed by atoms with Crippen LogP contribution in [0.3, 0.4) is 0 Å². The van der Waals surface area contributed by atoms with Crippen molar-refractivity contribution >= 4 is 5.95 Å². The van der Waals surface area contributed by atoms with Crippen LogP contribution in [0.2, 0.25) is 0 Å². The highest BCUT2D eigenvalue weighted by molar-refractivity contribution is 5.31. The molecule has 1 heterocycles. The lowest BCUT2D eigenvalue weighted by atomic mass is 10.3. The Morgan fingerprint density at radius 1 is 1.21 bits per heavy atom. The Morgan fingerprint density at radius 3 is 2.37 bits per heavy atom.